The molecule has 0 unspecified atom stereocenters. The zero-order chi connectivity index (χ0) is 21.9. The average Bonchev–Trinajstić information content (AvgIpc) is 2.73. The summed E-state index contributed by atoms with van der Waals surface area (Å²) >= 11 is 0. The fraction of sp³-hybridized carbons (Fsp3) is 0.435. The van der Waals surface area contributed by atoms with Crippen LogP contribution in [0.3, 0.4) is 0 Å². The lowest BCUT2D eigenvalue weighted by atomic mass is 10.1. The molecule has 0 aliphatic carbocycles. The highest BCUT2D eigenvalue weighted by molar-refractivity contribution is 5.81. The Labute approximate surface area is 175 Å². The summed E-state index contributed by atoms with van der Waals surface area (Å²) in [4.78, 5) is 17.0. The SMILES string of the molecule is Cc1ccc(N2CCN([C@@H](C)C(=O)NCc3cccc(C(F)(F)F)c3)CC2)cc1C. The third-order valence-corrected chi connectivity index (χ3v) is 5.82. The van der Waals surface area contributed by atoms with Crippen LogP contribution >= 0.6 is 0 Å². The van der Waals surface area contributed by atoms with E-state index in [1.165, 1.54) is 22.9 Å². The van der Waals surface area contributed by atoms with Crippen molar-refractivity contribution in [3.8, 4) is 0 Å². The molecule has 1 heterocycles. The predicted molar refractivity (Wildman–Crippen MR) is 112 cm³/mol. The summed E-state index contributed by atoms with van der Waals surface area (Å²) in [6.45, 7) is 9.28. The van der Waals surface area contributed by atoms with Gasteiger partial charge >= 0.3 is 6.18 Å². The molecule has 1 N–H and O–H groups in total. The Bertz CT molecular complexity index is 890. The van der Waals surface area contributed by atoms with Gasteiger partial charge in [0.05, 0.1) is 11.6 Å². The summed E-state index contributed by atoms with van der Waals surface area (Å²) in [7, 11) is 0. The van der Waals surface area contributed by atoms with Gasteiger partial charge in [-0.2, -0.15) is 13.2 Å². The van der Waals surface area contributed by atoms with Gasteiger partial charge in [0.2, 0.25) is 5.91 Å². The summed E-state index contributed by atoms with van der Waals surface area (Å²) in [6.07, 6.45) is -4.39. The number of carbonyl (C=O) groups is 1. The number of carbonyl (C=O) groups excluding carboxylic acids is 1. The minimum atomic E-state index is -4.39. The minimum Gasteiger partial charge on any atom is -0.369 e. The molecule has 0 saturated carbocycles. The highest BCUT2D eigenvalue weighted by Crippen LogP contribution is 2.29. The Balaban J connectivity index is 1.52. The van der Waals surface area contributed by atoms with Crippen LogP contribution in [0.15, 0.2) is 42.5 Å². The van der Waals surface area contributed by atoms with Gasteiger partial charge in [-0.15, -0.1) is 0 Å². The number of rotatable bonds is 5. The summed E-state index contributed by atoms with van der Waals surface area (Å²) < 4.78 is 38.5. The van der Waals surface area contributed by atoms with E-state index in [2.05, 4.69) is 47.2 Å². The van der Waals surface area contributed by atoms with Crippen molar-refractivity contribution in [2.24, 2.45) is 0 Å². The lowest BCUT2D eigenvalue weighted by Gasteiger charge is -2.38. The first-order chi connectivity index (χ1) is 14.1. The van der Waals surface area contributed by atoms with Crippen molar-refractivity contribution in [2.75, 3.05) is 31.1 Å². The third kappa shape index (κ3) is 5.33. The topological polar surface area (TPSA) is 35.6 Å². The minimum absolute atomic E-state index is 0.0791. The molecule has 0 bridgehead atoms. The molecular formula is C23H28F3N3O. The van der Waals surface area contributed by atoms with Crippen LogP contribution in [0.5, 0.6) is 0 Å². The number of piperazine rings is 1. The molecule has 1 aliphatic rings. The van der Waals surface area contributed by atoms with Gasteiger partial charge < -0.3 is 10.2 Å². The Hall–Kier alpha value is -2.54. The summed E-state index contributed by atoms with van der Waals surface area (Å²) in [6, 6.07) is 11.2. The van der Waals surface area contributed by atoms with Gasteiger partial charge in [-0.25, -0.2) is 0 Å². The number of anilines is 1. The zero-order valence-electron chi connectivity index (χ0n) is 17.6. The zero-order valence-corrected chi connectivity index (χ0v) is 17.6. The van der Waals surface area contributed by atoms with E-state index < -0.39 is 11.7 Å². The Morgan fingerprint density at radius 2 is 1.73 bits per heavy atom. The second-order valence-electron chi connectivity index (χ2n) is 7.88. The van der Waals surface area contributed by atoms with E-state index >= 15 is 0 Å². The fourth-order valence-electron chi connectivity index (χ4n) is 3.65. The fourth-order valence-corrected chi connectivity index (χ4v) is 3.65. The molecule has 0 aromatic heterocycles. The number of halogens is 3. The normalized spacial score (nSPS) is 16.4. The lowest BCUT2D eigenvalue weighted by molar-refractivity contribution is -0.137. The number of nitrogens with zero attached hydrogens (tertiary/aromatic N) is 2. The van der Waals surface area contributed by atoms with Crippen molar-refractivity contribution in [3.05, 3.63) is 64.7 Å². The van der Waals surface area contributed by atoms with Crippen molar-refractivity contribution in [1.82, 2.24) is 10.2 Å². The van der Waals surface area contributed by atoms with Crippen molar-refractivity contribution < 1.29 is 18.0 Å². The third-order valence-electron chi connectivity index (χ3n) is 5.82. The van der Waals surface area contributed by atoms with Crippen LogP contribution in [0.1, 0.15) is 29.2 Å². The molecule has 0 spiro atoms. The molecule has 1 aliphatic heterocycles. The molecule has 1 amide bonds. The molecule has 30 heavy (non-hydrogen) atoms. The van der Waals surface area contributed by atoms with E-state index in [0.29, 0.717) is 5.56 Å². The second kappa shape index (κ2) is 9.08. The number of hydrogen-bond donors (Lipinski definition) is 1. The molecule has 1 atom stereocenters. The second-order valence-corrected chi connectivity index (χ2v) is 7.88. The van der Waals surface area contributed by atoms with E-state index in [1.807, 2.05) is 6.92 Å². The standard InChI is InChI=1S/C23H28F3N3O/c1-16-7-8-21(13-17(16)2)29-11-9-28(10-12-29)18(3)22(30)27-15-19-5-4-6-20(14-19)23(24,25)26/h4-8,13-14,18H,9-12,15H2,1-3H3,(H,27,30)/t18-/m0/s1. The van der Waals surface area contributed by atoms with Crippen molar-refractivity contribution in [3.63, 3.8) is 0 Å². The van der Waals surface area contributed by atoms with Crippen LogP contribution in [-0.2, 0) is 17.5 Å². The van der Waals surface area contributed by atoms with Gasteiger partial charge in [-0.3, -0.25) is 9.69 Å². The first-order valence-corrected chi connectivity index (χ1v) is 10.2. The molecule has 7 heteroatoms. The van der Waals surface area contributed by atoms with Crippen molar-refractivity contribution >= 4 is 11.6 Å². The molecule has 1 fully saturated rings. The Morgan fingerprint density at radius 1 is 1.03 bits per heavy atom. The van der Waals surface area contributed by atoms with Gasteiger partial charge in [0.1, 0.15) is 0 Å². The van der Waals surface area contributed by atoms with Crippen LogP contribution in [0.25, 0.3) is 0 Å². The van der Waals surface area contributed by atoms with Crippen molar-refractivity contribution in [1.29, 1.82) is 0 Å². The maximum absolute atomic E-state index is 12.8. The molecule has 2 aromatic carbocycles. The van der Waals surface area contributed by atoms with E-state index in [4.69, 9.17) is 0 Å². The smallest absolute Gasteiger partial charge is 0.369 e. The number of amides is 1. The lowest BCUT2D eigenvalue weighted by Crippen LogP contribution is -2.53. The number of benzene rings is 2. The molecule has 1 saturated heterocycles. The maximum Gasteiger partial charge on any atom is 0.416 e. The molecule has 162 valence electrons. The van der Waals surface area contributed by atoms with Gasteiger partial charge in [-0.1, -0.05) is 18.2 Å². The Kier molecular flexibility index (Phi) is 6.71. The van der Waals surface area contributed by atoms with Gasteiger partial charge in [-0.05, 0) is 61.7 Å². The van der Waals surface area contributed by atoms with E-state index in [-0.39, 0.29) is 18.5 Å². The van der Waals surface area contributed by atoms with E-state index in [0.717, 1.165) is 38.3 Å². The van der Waals surface area contributed by atoms with Crippen LogP contribution in [-0.4, -0.2) is 43.0 Å². The highest BCUT2D eigenvalue weighted by Gasteiger charge is 2.30. The summed E-state index contributed by atoms with van der Waals surface area (Å²) in [5.41, 5.74) is 3.45. The molecule has 4 nitrogen and oxygen atoms in total. The van der Waals surface area contributed by atoms with Crippen LogP contribution in [0, 0.1) is 13.8 Å². The highest BCUT2D eigenvalue weighted by atomic mass is 19.4. The van der Waals surface area contributed by atoms with Crippen LogP contribution in [0.2, 0.25) is 0 Å². The van der Waals surface area contributed by atoms with Gasteiger partial charge in [0.15, 0.2) is 0 Å². The summed E-state index contributed by atoms with van der Waals surface area (Å²) in [5, 5.41) is 2.77. The molecular weight excluding hydrogens is 391 g/mol. The largest absolute Gasteiger partial charge is 0.416 e. The molecule has 2 aromatic rings. The van der Waals surface area contributed by atoms with Crippen LogP contribution in [0.4, 0.5) is 18.9 Å². The molecule has 0 radical (unpaired) electrons. The first kappa shape index (κ1) is 22.2. The maximum atomic E-state index is 12.8. The average molecular weight is 419 g/mol. The summed E-state index contributed by atoms with van der Waals surface area (Å²) in [5.74, 6) is -0.174. The van der Waals surface area contributed by atoms with Crippen LogP contribution < -0.4 is 10.2 Å². The number of alkyl halides is 3. The number of nitrogens with one attached hydrogen (secondary N) is 1. The van der Waals surface area contributed by atoms with Gasteiger partial charge in [0.25, 0.3) is 0 Å². The van der Waals surface area contributed by atoms with E-state index in [9.17, 15) is 18.0 Å². The predicted octanol–water partition coefficient (Wildman–Crippen LogP) is 4.15. The van der Waals surface area contributed by atoms with E-state index in [1.54, 1.807) is 6.07 Å². The van der Waals surface area contributed by atoms with Crippen molar-refractivity contribution in [2.45, 2.75) is 39.5 Å². The number of aryl methyl sites for hydroxylation is 2. The Morgan fingerprint density at radius 3 is 2.37 bits per heavy atom. The first-order valence-electron chi connectivity index (χ1n) is 10.2. The van der Waals surface area contributed by atoms with Gasteiger partial charge in [0, 0.05) is 38.4 Å². The number of hydrogen-bond acceptors (Lipinski definition) is 3. The monoisotopic (exact) mass is 419 g/mol. The molecule has 3 rings (SSSR count). The quantitative estimate of drug-likeness (QED) is 0.791.